The van der Waals surface area contributed by atoms with Crippen molar-refractivity contribution in [2.75, 3.05) is 10.8 Å². The summed E-state index contributed by atoms with van der Waals surface area (Å²) in [4.78, 5) is 11.0. The number of carboxylic acid groups (broad SMARTS) is 1. The molecule has 1 unspecified atom stereocenters. The minimum atomic E-state index is -0.647. The molecule has 0 aliphatic rings. The largest absolute Gasteiger partial charge is 0.480 e. The Balaban J connectivity index is 3.21. The first-order chi connectivity index (χ1) is 10.7. The van der Waals surface area contributed by atoms with Gasteiger partial charge in [0.2, 0.25) is 0 Å². The number of thioether (sulfide) groups is 2. The van der Waals surface area contributed by atoms with E-state index in [-0.39, 0.29) is 5.25 Å². The predicted octanol–water partition coefficient (Wildman–Crippen LogP) is 6.58. The maximum atomic E-state index is 11.0. The smallest absolute Gasteiger partial charge is 0.316 e. The maximum Gasteiger partial charge on any atom is 0.316 e. The molecule has 0 aromatic heterocycles. The van der Waals surface area contributed by atoms with Gasteiger partial charge in [-0.05, 0) is 18.6 Å². The number of unbranched alkanes of at least 4 members (excludes halogenated alkanes) is 9. The van der Waals surface area contributed by atoms with Crippen molar-refractivity contribution >= 4 is 29.5 Å². The molecular weight excluding hydrogens is 312 g/mol. The van der Waals surface area contributed by atoms with Crippen LogP contribution in [0.5, 0.6) is 0 Å². The molecule has 0 spiro atoms. The second-order valence-electron chi connectivity index (χ2n) is 5.99. The molecule has 0 aromatic carbocycles. The molecule has 0 amide bonds. The summed E-state index contributed by atoms with van der Waals surface area (Å²) in [5.41, 5.74) is 0. The molecule has 0 radical (unpaired) electrons. The van der Waals surface area contributed by atoms with Crippen LogP contribution in [0.15, 0.2) is 0 Å². The normalized spacial score (nSPS) is 12.5. The Morgan fingerprint density at radius 2 is 1.41 bits per heavy atom. The molecule has 0 fully saturated rings. The molecule has 0 rings (SSSR count). The third-order valence-corrected chi connectivity index (χ3v) is 6.45. The van der Waals surface area contributed by atoms with Crippen LogP contribution in [0, 0.1) is 0 Å². The zero-order valence-electron chi connectivity index (χ0n) is 14.6. The summed E-state index contributed by atoms with van der Waals surface area (Å²) >= 11 is 3.50. The fourth-order valence-corrected chi connectivity index (χ4v) is 4.89. The van der Waals surface area contributed by atoms with E-state index in [9.17, 15) is 4.79 Å². The average Bonchev–Trinajstić information content (AvgIpc) is 2.50. The van der Waals surface area contributed by atoms with Gasteiger partial charge < -0.3 is 5.11 Å². The fraction of sp³-hybridized carbons (Fsp3) is 0.944. The number of carboxylic acids is 1. The van der Waals surface area contributed by atoms with Crippen LogP contribution in [0.4, 0.5) is 0 Å². The molecule has 0 aliphatic carbocycles. The van der Waals surface area contributed by atoms with Crippen LogP contribution in [0.25, 0.3) is 0 Å². The molecule has 0 aliphatic heterocycles. The van der Waals surface area contributed by atoms with Crippen LogP contribution in [0.3, 0.4) is 0 Å². The van der Waals surface area contributed by atoms with Crippen LogP contribution >= 0.6 is 23.5 Å². The van der Waals surface area contributed by atoms with E-state index in [1.54, 1.807) is 11.8 Å². The number of carbonyl (C=O) groups is 1. The van der Waals surface area contributed by atoms with Crippen molar-refractivity contribution in [3.8, 4) is 0 Å². The molecular formula is C18H36O2S2. The number of hydrogen-bond acceptors (Lipinski definition) is 3. The van der Waals surface area contributed by atoms with E-state index in [1.807, 2.05) is 18.7 Å². The molecule has 2 nitrogen and oxygen atoms in total. The van der Waals surface area contributed by atoms with Gasteiger partial charge in [-0.25, -0.2) is 0 Å². The maximum absolute atomic E-state index is 11.0. The van der Waals surface area contributed by atoms with E-state index >= 15 is 0 Å². The topological polar surface area (TPSA) is 37.3 Å². The van der Waals surface area contributed by atoms with Crippen molar-refractivity contribution in [2.45, 2.75) is 96.1 Å². The highest BCUT2D eigenvalue weighted by molar-refractivity contribution is 8.16. The van der Waals surface area contributed by atoms with Crippen LogP contribution < -0.4 is 0 Å². The van der Waals surface area contributed by atoms with Gasteiger partial charge in [0, 0.05) is 5.08 Å². The van der Waals surface area contributed by atoms with Gasteiger partial charge in [0.05, 0.1) is 0 Å². The van der Waals surface area contributed by atoms with Crippen LogP contribution in [0.1, 0.15) is 90.9 Å². The van der Waals surface area contributed by atoms with Gasteiger partial charge >= 0.3 is 5.97 Å². The van der Waals surface area contributed by atoms with Gasteiger partial charge in [-0.1, -0.05) is 78.1 Å². The molecule has 0 saturated carbocycles. The molecule has 0 saturated heterocycles. The molecule has 1 N–H and O–H groups in total. The van der Waals surface area contributed by atoms with Crippen molar-refractivity contribution in [2.24, 2.45) is 0 Å². The Hall–Kier alpha value is 0.170. The van der Waals surface area contributed by atoms with Crippen LogP contribution in [0.2, 0.25) is 0 Å². The van der Waals surface area contributed by atoms with Crippen molar-refractivity contribution < 1.29 is 9.90 Å². The predicted molar refractivity (Wildman–Crippen MR) is 103 cm³/mol. The summed E-state index contributed by atoms with van der Waals surface area (Å²) in [6.07, 6.45) is 15.5. The average molecular weight is 349 g/mol. The Morgan fingerprint density at radius 1 is 0.864 bits per heavy atom. The Morgan fingerprint density at radius 3 is 1.91 bits per heavy atom. The minimum absolute atomic E-state index is 0.204. The van der Waals surface area contributed by atoms with Crippen molar-refractivity contribution in [1.82, 2.24) is 0 Å². The van der Waals surface area contributed by atoms with E-state index < -0.39 is 5.97 Å². The Bertz CT molecular complexity index is 247. The summed E-state index contributed by atoms with van der Waals surface area (Å²) in [5, 5.41) is 9.79. The van der Waals surface area contributed by atoms with E-state index in [4.69, 9.17) is 5.11 Å². The lowest BCUT2D eigenvalue weighted by atomic mass is 10.1. The molecule has 1 atom stereocenters. The van der Waals surface area contributed by atoms with Crippen molar-refractivity contribution in [3.05, 3.63) is 0 Å². The van der Waals surface area contributed by atoms with Crippen LogP contribution in [-0.4, -0.2) is 27.2 Å². The van der Waals surface area contributed by atoms with Gasteiger partial charge in [-0.15, -0.1) is 11.8 Å². The summed E-state index contributed by atoms with van der Waals surface area (Å²) in [5.74, 6) is 0.536. The summed E-state index contributed by atoms with van der Waals surface area (Å²) < 4.78 is 0. The van der Waals surface area contributed by atoms with Crippen molar-refractivity contribution in [3.63, 3.8) is 0 Å². The van der Waals surface area contributed by atoms with Gasteiger partial charge in [0.15, 0.2) is 0 Å². The highest BCUT2D eigenvalue weighted by Gasteiger charge is 2.15. The number of rotatable bonds is 17. The summed E-state index contributed by atoms with van der Waals surface area (Å²) in [6.45, 7) is 4.32. The first-order valence-electron chi connectivity index (χ1n) is 9.14. The molecule has 132 valence electrons. The minimum Gasteiger partial charge on any atom is -0.480 e. The third-order valence-electron chi connectivity index (χ3n) is 3.82. The number of hydrogen-bond donors (Lipinski definition) is 1. The van der Waals surface area contributed by atoms with Crippen molar-refractivity contribution in [1.29, 1.82) is 0 Å². The van der Waals surface area contributed by atoms with E-state index in [0.717, 1.165) is 17.9 Å². The van der Waals surface area contributed by atoms with Gasteiger partial charge in [-0.2, -0.15) is 11.8 Å². The lowest BCUT2D eigenvalue weighted by Crippen LogP contribution is -2.16. The quantitative estimate of drug-likeness (QED) is 0.238. The zero-order chi connectivity index (χ0) is 16.5. The third kappa shape index (κ3) is 15.1. The first kappa shape index (κ1) is 22.2. The van der Waals surface area contributed by atoms with Crippen LogP contribution in [-0.2, 0) is 4.79 Å². The molecule has 22 heavy (non-hydrogen) atoms. The highest BCUT2D eigenvalue weighted by Crippen LogP contribution is 2.22. The molecule has 0 aromatic rings. The zero-order valence-corrected chi connectivity index (χ0v) is 16.3. The standard InChI is InChI=1S/C18H36O2S2/c1-3-5-6-7-8-9-10-11-12-13-15-21-16-22-17(14-4-2)18(19)20/h17H,3-16H2,1-2H3,(H,19,20). The highest BCUT2D eigenvalue weighted by atomic mass is 32.2. The monoisotopic (exact) mass is 348 g/mol. The van der Waals surface area contributed by atoms with E-state index in [1.165, 1.54) is 70.0 Å². The summed E-state index contributed by atoms with van der Waals surface area (Å²) in [6, 6.07) is 0. The van der Waals surface area contributed by atoms with Gasteiger partial charge in [0.1, 0.15) is 5.25 Å². The fourth-order valence-electron chi connectivity index (χ4n) is 2.42. The van der Waals surface area contributed by atoms with E-state index in [2.05, 4.69) is 6.92 Å². The van der Waals surface area contributed by atoms with Gasteiger partial charge in [0.25, 0.3) is 0 Å². The lowest BCUT2D eigenvalue weighted by Gasteiger charge is -2.10. The Kier molecular flexibility index (Phi) is 17.7. The Labute approximate surface area is 146 Å². The van der Waals surface area contributed by atoms with Gasteiger partial charge in [-0.3, -0.25) is 4.79 Å². The second-order valence-corrected chi connectivity index (χ2v) is 8.65. The number of aliphatic carboxylic acids is 1. The lowest BCUT2D eigenvalue weighted by molar-refractivity contribution is -0.136. The molecule has 0 bridgehead atoms. The first-order valence-corrected chi connectivity index (χ1v) is 11.3. The van der Waals surface area contributed by atoms with E-state index in [0.29, 0.717) is 0 Å². The summed E-state index contributed by atoms with van der Waals surface area (Å²) in [7, 11) is 0. The SMILES string of the molecule is CCCCCCCCCCCCSCSC(CCC)C(=O)O. The second kappa shape index (κ2) is 17.5. The molecule has 0 heterocycles. The molecule has 4 heteroatoms.